The van der Waals surface area contributed by atoms with Gasteiger partial charge in [-0.15, -0.1) is 0 Å². The van der Waals surface area contributed by atoms with Crippen LogP contribution in [0.3, 0.4) is 0 Å². The maximum absolute atomic E-state index is 13.5. The number of carbonyl (C=O) groups is 1. The van der Waals surface area contributed by atoms with E-state index in [0.717, 1.165) is 42.8 Å². The summed E-state index contributed by atoms with van der Waals surface area (Å²) in [5, 5.41) is 0. The molecule has 1 spiro atoms. The molecule has 2 aliphatic heterocycles. The average molecular weight is 308 g/mol. The van der Waals surface area contributed by atoms with Crippen molar-refractivity contribution >= 4 is 17.5 Å². The van der Waals surface area contributed by atoms with Gasteiger partial charge in [0.15, 0.2) is 5.78 Å². The van der Waals surface area contributed by atoms with Crippen LogP contribution < -0.4 is 0 Å². The maximum Gasteiger partial charge on any atom is 0.166 e. The third-order valence-electron chi connectivity index (χ3n) is 4.59. The van der Waals surface area contributed by atoms with Crippen molar-refractivity contribution in [1.82, 2.24) is 0 Å². The summed E-state index contributed by atoms with van der Waals surface area (Å²) in [6.07, 6.45) is 3.61. The van der Waals surface area contributed by atoms with Crippen LogP contribution in [0.2, 0.25) is 0 Å². The van der Waals surface area contributed by atoms with Gasteiger partial charge in [-0.2, -0.15) is 11.8 Å². The molecule has 1 atom stereocenters. The monoisotopic (exact) mass is 308 g/mol. The van der Waals surface area contributed by atoms with E-state index in [1.165, 1.54) is 12.1 Å². The summed E-state index contributed by atoms with van der Waals surface area (Å²) >= 11 is 1.96. The third kappa shape index (κ3) is 3.32. The number of thioether (sulfide) groups is 1. The van der Waals surface area contributed by atoms with Crippen molar-refractivity contribution in [2.75, 3.05) is 18.1 Å². The lowest BCUT2D eigenvalue weighted by molar-refractivity contribution is -0.0959. The number of hydrogen-bond donors (Lipinski definition) is 0. The topological polar surface area (TPSA) is 26.3 Å². The number of benzene rings is 1. The van der Waals surface area contributed by atoms with Crippen molar-refractivity contribution in [3.05, 3.63) is 35.1 Å². The minimum absolute atomic E-state index is 0.0250. The van der Waals surface area contributed by atoms with E-state index in [0.29, 0.717) is 12.2 Å². The zero-order chi connectivity index (χ0) is 14.9. The van der Waals surface area contributed by atoms with Crippen LogP contribution in [0.5, 0.6) is 0 Å². The van der Waals surface area contributed by atoms with Crippen LogP contribution in [-0.4, -0.2) is 29.5 Å². The molecule has 1 aromatic rings. The fourth-order valence-electron chi connectivity index (χ4n) is 3.46. The van der Waals surface area contributed by atoms with E-state index >= 15 is 0 Å². The summed E-state index contributed by atoms with van der Waals surface area (Å²) in [6.45, 7) is 2.47. The molecule has 0 amide bonds. The quantitative estimate of drug-likeness (QED) is 0.772. The lowest BCUT2D eigenvalue weighted by Crippen LogP contribution is -2.44. The molecule has 2 fully saturated rings. The van der Waals surface area contributed by atoms with Crippen molar-refractivity contribution in [2.45, 2.75) is 38.2 Å². The van der Waals surface area contributed by atoms with Gasteiger partial charge in [0.1, 0.15) is 5.82 Å². The molecule has 2 saturated heterocycles. The fourth-order valence-corrected chi connectivity index (χ4v) is 4.69. The van der Waals surface area contributed by atoms with Crippen molar-refractivity contribution in [2.24, 2.45) is 5.92 Å². The van der Waals surface area contributed by atoms with E-state index in [4.69, 9.17) is 4.74 Å². The van der Waals surface area contributed by atoms with Gasteiger partial charge in [-0.25, -0.2) is 4.39 Å². The van der Waals surface area contributed by atoms with Gasteiger partial charge in [0.05, 0.1) is 5.60 Å². The fraction of sp³-hybridized carbons (Fsp3) is 0.588. The summed E-state index contributed by atoms with van der Waals surface area (Å²) in [6, 6.07) is 4.62. The number of rotatable bonds is 2. The van der Waals surface area contributed by atoms with Gasteiger partial charge in [0.2, 0.25) is 0 Å². The Bertz CT molecular complexity index is 512. The molecule has 0 saturated carbocycles. The van der Waals surface area contributed by atoms with Crippen LogP contribution in [0, 0.1) is 18.7 Å². The first-order chi connectivity index (χ1) is 10.1. The molecule has 1 unspecified atom stereocenters. The molecule has 0 N–H and O–H groups in total. The van der Waals surface area contributed by atoms with Crippen molar-refractivity contribution < 1.29 is 13.9 Å². The van der Waals surface area contributed by atoms with Crippen LogP contribution in [0.1, 0.15) is 41.6 Å². The number of carbonyl (C=O) groups excluding carboxylic acids is 1. The number of ether oxygens (including phenoxy) is 1. The Balaban J connectivity index is 1.77. The number of ketones is 1. The Morgan fingerprint density at radius 1 is 1.33 bits per heavy atom. The number of aryl methyl sites for hydroxylation is 1. The molecule has 0 bridgehead atoms. The number of hydrogen-bond acceptors (Lipinski definition) is 3. The lowest BCUT2D eigenvalue weighted by atomic mass is 9.78. The predicted octanol–water partition coefficient (Wildman–Crippen LogP) is 4.01. The Labute approximate surface area is 129 Å². The minimum Gasteiger partial charge on any atom is -0.375 e. The third-order valence-corrected chi connectivity index (χ3v) is 5.58. The Kier molecular flexibility index (Phi) is 4.36. The molecule has 114 valence electrons. The first-order valence-electron chi connectivity index (χ1n) is 7.61. The zero-order valence-electron chi connectivity index (χ0n) is 12.4. The molecule has 2 nitrogen and oxygen atoms in total. The van der Waals surface area contributed by atoms with Crippen LogP contribution in [0.25, 0.3) is 0 Å². The summed E-state index contributed by atoms with van der Waals surface area (Å²) < 4.78 is 19.6. The highest BCUT2D eigenvalue weighted by molar-refractivity contribution is 7.99. The number of halogens is 1. The maximum atomic E-state index is 13.5. The van der Waals surface area contributed by atoms with Crippen LogP contribution >= 0.6 is 11.8 Å². The standard InChI is InChI=1S/C17H21FO2S/c1-12-8-14(10-15(18)9-12)16(19)13-2-5-20-17(11-13)3-6-21-7-4-17/h8-10,13H,2-7,11H2,1H3. The van der Waals surface area contributed by atoms with E-state index in [1.807, 2.05) is 18.7 Å². The zero-order valence-corrected chi connectivity index (χ0v) is 13.2. The van der Waals surface area contributed by atoms with Gasteiger partial charge in [0.25, 0.3) is 0 Å². The SMILES string of the molecule is Cc1cc(F)cc(C(=O)C2CCOC3(CCSCC3)C2)c1. The van der Waals surface area contributed by atoms with Crippen molar-refractivity contribution in [3.8, 4) is 0 Å². The molecule has 2 aliphatic rings. The van der Waals surface area contributed by atoms with Gasteiger partial charge < -0.3 is 4.74 Å². The van der Waals surface area contributed by atoms with Crippen LogP contribution in [0.4, 0.5) is 4.39 Å². The molecule has 1 aromatic carbocycles. The normalized spacial score (nSPS) is 25.0. The highest BCUT2D eigenvalue weighted by Crippen LogP contribution is 2.40. The molecule has 2 heterocycles. The van der Waals surface area contributed by atoms with Gasteiger partial charge in [-0.1, -0.05) is 0 Å². The highest BCUT2D eigenvalue weighted by atomic mass is 32.2. The van der Waals surface area contributed by atoms with Gasteiger partial charge in [0, 0.05) is 18.1 Å². The minimum atomic E-state index is -0.325. The molecular formula is C17H21FO2S. The second-order valence-electron chi connectivity index (χ2n) is 6.22. The Hall–Kier alpha value is -0.870. The van der Waals surface area contributed by atoms with Gasteiger partial charge in [-0.3, -0.25) is 4.79 Å². The highest BCUT2D eigenvalue weighted by Gasteiger charge is 2.41. The van der Waals surface area contributed by atoms with E-state index in [-0.39, 0.29) is 23.1 Å². The molecule has 4 heteroatoms. The van der Waals surface area contributed by atoms with Crippen molar-refractivity contribution in [3.63, 3.8) is 0 Å². The molecule has 0 radical (unpaired) electrons. The van der Waals surface area contributed by atoms with E-state index in [9.17, 15) is 9.18 Å². The lowest BCUT2D eigenvalue weighted by Gasteiger charge is -2.42. The summed E-state index contributed by atoms with van der Waals surface area (Å²) in [5.74, 6) is 1.95. The van der Waals surface area contributed by atoms with Crippen LogP contribution in [-0.2, 0) is 4.74 Å². The van der Waals surface area contributed by atoms with Gasteiger partial charge in [-0.05, 0) is 67.9 Å². The predicted molar refractivity (Wildman–Crippen MR) is 83.4 cm³/mol. The largest absolute Gasteiger partial charge is 0.375 e. The summed E-state index contributed by atoms with van der Waals surface area (Å²) in [5.41, 5.74) is 1.21. The summed E-state index contributed by atoms with van der Waals surface area (Å²) in [7, 11) is 0. The second kappa shape index (κ2) is 6.09. The van der Waals surface area contributed by atoms with E-state index < -0.39 is 0 Å². The molecule has 0 aromatic heterocycles. The molecular weight excluding hydrogens is 287 g/mol. The second-order valence-corrected chi connectivity index (χ2v) is 7.44. The Morgan fingerprint density at radius 2 is 2.10 bits per heavy atom. The van der Waals surface area contributed by atoms with Crippen LogP contribution in [0.15, 0.2) is 18.2 Å². The Morgan fingerprint density at radius 3 is 2.81 bits per heavy atom. The summed E-state index contributed by atoms with van der Waals surface area (Å²) in [4.78, 5) is 12.7. The smallest absolute Gasteiger partial charge is 0.166 e. The van der Waals surface area contributed by atoms with E-state index in [1.54, 1.807) is 6.07 Å². The molecule has 21 heavy (non-hydrogen) atoms. The van der Waals surface area contributed by atoms with Gasteiger partial charge >= 0.3 is 0 Å². The molecule has 3 rings (SSSR count). The van der Waals surface area contributed by atoms with E-state index in [2.05, 4.69) is 0 Å². The molecule has 0 aliphatic carbocycles. The average Bonchev–Trinajstić information content (AvgIpc) is 2.46. The van der Waals surface area contributed by atoms with Crippen molar-refractivity contribution in [1.29, 1.82) is 0 Å². The first kappa shape index (κ1) is 15.0. The first-order valence-corrected chi connectivity index (χ1v) is 8.77. The number of Topliss-reactive ketones (excluding diaryl/α,β-unsaturated/α-hetero) is 1.